The van der Waals surface area contributed by atoms with Gasteiger partial charge in [0, 0.05) is 31.3 Å². The molecular weight excluding hydrogens is 875 g/mol. The Kier molecular flexibility index (Phi) is 15.5. The maximum absolute atomic E-state index is 13.2. The van der Waals surface area contributed by atoms with Crippen molar-refractivity contribution in [1.82, 2.24) is 10.6 Å². The Balaban J connectivity index is 3.35. The number of nitrogens with zero attached hydrogens (tertiary/aromatic N) is 1. The summed E-state index contributed by atoms with van der Waals surface area (Å²) in [4.78, 5) is 86.4. The van der Waals surface area contributed by atoms with Crippen molar-refractivity contribution in [3.8, 4) is 0 Å². The van der Waals surface area contributed by atoms with Crippen molar-refractivity contribution >= 4 is 115 Å². The Hall–Kier alpha value is -2.39. The van der Waals surface area contributed by atoms with E-state index in [1.807, 2.05) is 0 Å². The Morgan fingerprint density at radius 2 is 1.07 bits per heavy atom. The van der Waals surface area contributed by atoms with Gasteiger partial charge in [-0.05, 0) is 67.8 Å². The molecule has 2 N–H and O–H groups in total. The lowest BCUT2D eigenvalue weighted by molar-refractivity contribution is -0.155. The molecule has 0 fully saturated rings. The average molecular weight is 899 g/mol. The summed E-state index contributed by atoms with van der Waals surface area (Å²) in [6.07, 6.45) is -0.578. The number of esters is 4. The number of rotatable bonds is 13. The molecule has 0 aliphatic rings. The molecule has 0 radical (unpaired) electrons. The first-order chi connectivity index (χ1) is 18.7. The molecule has 0 aliphatic carbocycles. The minimum Gasteiger partial charge on any atom is -0.462 e. The van der Waals surface area contributed by atoms with Gasteiger partial charge in [-0.3, -0.25) is 28.8 Å². The van der Waals surface area contributed by atoms with E-state index in [0.29, 0.717) is 0 Å². The van der Waals surface area contributed by atoms with Gasteiger partial charge in [0.2, 0.25) is 6.08 Å². The van der Waals surface area contributed by atoms with Crippen LogP contribution in [0.3, 0.4) is 0 Å². The highest BCUT2D eigenvalue weighted by atomic mass is 127. The standard InChI is InChI=1S/C23H24I3N3O11/c1-10(31)37-7-14(39-12(3)33)5-27-22(35)16-18(24)17(20(26)21(19(16)25)29-9-30)23(36)28-6-15(40-13(4)34)8-38-11(2)32/h14-15H,5-8H2,1-4H3,(H,27,35)(H,28,36). The number of carbonyl (C=O) groups excluding carboxylic acids is 7. The smallest absolute Gasteiger partial charge is 0.303 e. The lowest BCUT2D eigenvalue weighted by atomic mass is 10.1. The fourth-order valence-corrected chi connectivity index (χ4v) is 7.33. The summed E-state index contributed by atoms with van der Waals surface area (Å²) in [5.41, 5.74) is -0.00244. The molecule has 2 atom stereocenters. The van der Waals surface area contributed by atoms with Gasteiger partial charge in [0.1, 0.15) is 18.9 Å². The summed E-state index contributed by atoms with van der Waals surface area (Å²) >= 11 is 5.39. The predicted octanol–water partition coefficient (Wildman–Crippen LogP) is 1.92. The molecule has 0 spiro atoms. The van der Waals surface area contributed by atoms with Crippen LogP contribution in [0, 0.1) is 10.7 Å². The number of aliphatic imine (C=N–C) groups is 1. The second-order valence-electron chi connectivity index (χ2n) is 7.73. The number of benzene rings is 1. The highest BCUT2D eigenvalue weighted by molar-refractivity contribution is 14.1. The topological polar surface area (TPSA) is 193 Å². The molecule has 1 rings (SSSR count). The van der Waals surface area contributed by atoms with E-state index >= 15 is 0 Å². The zero-order valence-electron chi connectivity index (χ0n) is 21.6. The highest BCUT2D eigenvalue weighted by Crippen LogP contribution is 2.37. The fraction of sp³-hybridized carbons (Fsp3) is 0.435. The van der Waals surface area contributed by atoms with E-state index in [0.717, 1.165) is 13.8 Å². The van der Waals surface area contributed by atoms with Crippen molar-refractivity contribution < 1.29 is 52.5 Å². The number of halogens is 3. The van der Waals surface area contributed by atoms with Crippen LogP contribution in [0.4, 0.5) is 5.69 Å². The lowest BCUT2D eigenvalue weighted by Gasteiger charge is -2.20. The van der Waals surface area contributed by atoms with Gasteiger partial charge < -0.3 is 29.6 Å². The van der Waals surface area contributed by atoms with Crippen molar-refractivity contribution in [3.05, 3.63) is 21.8 Å². The molecule has 0 aromatic heterocycles. The monoisotopic (exact) mass is 899 g/mol. The van der Waals surface area contributed by atoms with E-state index in [2.05, 4.69) is 15.6 Å². The minimum absolute atomic E-state index is 0.00808. The quantitative estimate of drug-likeness (QED) is 0.0967. The molecule has 0 saturated carbocycles. The van der Waals surface area contributed by atoms with Crippen LogP contribution in [0.25, 0.3) is 0 Å². The third-order valence-corrected chi connectivity index (χ3v) is 7.68. The van der Waals surface area contributed by atoms with Gasteiger partial charge in [-0.2, -0.15) is 4.99 Å². The second-order valence-corrected chi connectivity index (χ2v) is 11.0. The van der Waals surface area contributed by atoms with E-state index in [-0.39, 0.29) is 53.8 Å². The van der Waals surface area contributed by atoms with Crippen LogP contribution in [0.15, 0.2) is 4.99 Å². The summed E-state index contributed by atoms with van der Waals surface area (Å²) in [6.45, 7) is 3.57. The molecule has 17 heteroatoms. The number of nitrogens with one attached hydrogen (secondary N) is 2. The molecule has 2 amide bonds. The van der Waals surface area contributed by atoms with E-state index in [9.17, 15) is 33.6 Å². The van der Waals surface area contributed by atoms with Crippen LogP contribution >= 0.6 is 67.8 Å². The van der Waals surface area contributed by atoms with Crippen LogP contribution < -0.4 is 10.6 Å². The minimum atomic E-state index is -0.991. The van der Waals surface area contributed by atoms with Gasteiger partial charge in [-0.25, -0.2) is 4.79 Å². The Morgan fingerprint density at radius 1 is 0.700 bits per heavy atom. The van der Waals surface area contributed by atoms with Gasteiger partial charge in [-0.1, -0.05) is 0 Å². The number of carbonyl (C=O) groups is 6. The van der Waals surface area contributed by atoms with Crippen LogP contribution in [-0.4, -0.2) is 80.3 Å². The highest BCUT2D eigenvalue weighted by Gasteiger charge is 2.29. The van der Waals surface area contributed by atoms with Gasteiger partial charge in [0.15, 0.2) is 12.2 Å². The van der Waals surface area contributed by atoms with E-state index in [1.165, 1.54) is 19.9 Å². The van der Waals surface area contributed by atoms with Crippen molar-refractivity contribution in [3.63, 3.8) is 0 Å². The van der Waals surface area contributed by atoms with Crippen LogP contribution in [0.2, 0.25) is 0 Å². The maximum atomic E-state index is 13.2. The van der Waals surface area contributed by atoms with E-state index in [1.54, 1.807) is 67.8 Å². The number of amides is 2. The summed E-state index contributed by atoms with van der Waals surface area (Å²) < 4.78 is 20.5. The van der Waals surface area contributed by atoms with Gasteiger partial charge in [0.25, 0.3) is 11.8 Å². The predicted molar refractivity (Wildman–Crippen MR) is 161 cm³/mol. The largest absolute Gasteiger partial charge is 0.462 e. The number of ether oxygens (including phenoxy) is 4. The maximum Gasteiger partial charge on any atom is 0.303 e. The summed E-state index contributed by atoms with van der Waals surface area (Å²) in [5.74, 6) is -3.94. The van der Waals surface area contributed by atoms with Gasteiger partial charge >= 0.3 is 23.9 Å². The second kappa shape index (κ2) is 17.4. The average Bonchev–Trinajstić information content (AvgIpc) is 2.84. The first-order valence-corrected chi connectivity index (χ1v) is 14.4. The first-order valence-electron chi connectivity index (χ1n) is 11.1. The van der Waals surface area contributed by atoms with E-state index < -0.39 is 47.9 Å². The fourth-order valence-electron chi connectivity index (χ4n) is 2.94. The molecule has 0 saturated heterocycles. The first kappa shape index (κ1) is 35.6. The van der Waals surface area contributed by atoms with Gasteiger partial charge in [-0.15, -0.1) is 0 Å². The van der Waals surface area contributed by atoms with Crippen molar-refractivity contribution in [2.24, 2.45) is 4.99 Å². The third-order valence-electron chi connectivity index (χ3n) is 4.50. The molecule has 0 heterocycles. The molecule has 2 unspecified atom stereocenters. The molecule has 218 valence electrons. The van der Waals surface area contributed by atoms with Gasteiger partial charge in [0.05, 0.1) is 31.4 Å². The molecule has 40 heavy (non-hydrogen) atoms. The zero-order valence-corrected chi connectivity index (χ0v) is 28.0. The lowest BCUT2D eigenvalue weighted by Crippen LogP contribution is -2.39. The molecular formula is C23H24I3N3O11. The third kappa shape index (κ3) is 11.6. The normalized spacial score (nSPS) is 11.7. The zero-order chi connectivity index (χ0) is 30.6. The summed E-state index contributed by atoms with van der Waals surface area (Å²) in [7, 11) is 0. The van der Waals surface area contributed by atoms with Crippen molar-refractivity contribution in [1.29, 1.82) is 0 Å². The Morgan fingerprint density at radius 3 is 1.38 bits per heavy atom. The number of hydrogen-bond donors (Lipinski definition) is 2. The molecule has 1 aromatic carbocycles. The number of isocyanates is 1. The molecule has 0 aliphatic heterocycles. The summed E-state index contributed by atoms with van der Waals surface area (Å²) in [5, 5.41) is 5.13. The number of hydrogen-bond acceptors (Lipinski definition) is 12. The SMILES string of the molecule is CC(=O)OCC(CNC(=O)c1c(I)c(N=C=O)c(I)c(C(=O)NCC(COC(C)=O)OC(C)=O)c1I)OC(C)=O. The van der Waals surface area contributed by atoms with Crippen LogP contribution in [0.5, 0.6) is 0 Å². The molecule has 1 aromatic rings. The Bertz CT molecular complexity index is 1150. The summed E-state index contributed by atoms with van der Waals surface area (Å²) in [6, 6.07) is 0. The van der Waals surface area contributed by atoms with Crippen molar-refractivity contribution in [2.75, 3.05) is 26.3 Å². The van der Waals surface area contributed by atoms with Crippen LogP contribution in [0.1, 0.15) is 48.4 Å². The molecule has 0 bridgehead atoms. The van der Waals surface area contributed by atoms with E-state index in [4.69, 9.17) is 18.9 Å². The van der Waals surface area contributed by atoms with Crippen molar-refractivity contribution in [2.45, 2.75) is 39.9 Å². The van der Waals surface area contributed by atoms with Crippen LogP contribution in [-0.2, 0) is 42.9 Å². The molecule has 14 nitrogen and oxygen atoms in total. The Labute approximate surface area is 269 Å².